The van der Waals surface area contributed by atoms with E-state index in [0.29, 0.717) is 32.1 Å². The van der Waals surface area contributed by atoms with Gasteiger partial charge in [0.05, 0.1) is 18.1 Å². The van der Waals surface area contributed by atoms with Crippen molar-refractivity contribution in [1.29, 1.82) is 0 Å². The predicted octanol–water partition coefficient (Wildman–Crippen LogP) is 4.79. The quantitative estimate of drug-likeness (QED) is 0.268. The van der Waals surface area contributed by atoms with Crippen molar-refractivity contribution in [2.45, 2.75) is 138 Å². The Morgan fingerprint density at radius 2 is 1.38 bits per heavy atom. The largest absolute Gasteiger partial charge is 0.465 e. The molecule has 4 rings (SSSR count). The molecule has 0 radical (unpaired) electrons. The van der Waals surface area contributed by atoms with E-state index in [1.807, 2.05) is 34.6 Å². The molecular weight excluding hydrogens is 608 g/mol. The van der Waals surface area contributed by atoms with Gasteiger partial charge in [0.1, 0.15) is 24.4 Å². The monoisotopic (exact) mass is 664 g/mol. The molecule has 47 heavy (non-hydrogen) atoms. The Balaban J connectivity index is 1.70. The first kappa shape index (κ1) is 37.1. The normalized spacial score (nSPS) is 39.0. The first-order valence-electron chi connectivity index (χ1n) is 17.3. The van der Waals surface area contributed by atoms with Gasteiger partial charge in [0.25, 0.3) is 0 Å². The van der Waals surface area contributed by atoms with E-state index < -0.39 is 82.5 Å². The Morgan fingerprint density at radius 1 is 0.809 bits per heavy atom. The van der Waals surface area contributed by atoms with Crippen molar-refractivity contribution in [3.05, 3.63) is 0 Å². The molecule has 0 amide bonds. The minimum atomic E-state index is -1.21. The lowest BCUT2D eigenvalue weighted by molar-refractivity contribution is -0.210. The maximum Gasteiger partial charge on any atom is 0.309 e. The van der Waals surface area contributed by atoms with Crippen LogP contribution < -0.4 is 0 Å². The Kier molecular flexibility index (Phi) is 10.8. The summed E-state index contributed by atoms with van der Waals surface area (Å²) in [6.07, 6.45) is 0.0306. The Morgan fingerprint density at radius 3 is 1.94 bits per heavy atom. The molecule has 0 bridgehead atoms. The van der Waals surface area contributed by atoms with Crippen LogP contribution >= 0.6 is 0 Å². The molecule has 3 aliphatic carbocycles. The maximum absolute atomic E-state index is 13.6. The molecule has 1 aliphatic heterocycles. The number of carbonyl (C=O) groups is 5. The standard InChI is InChI=1S/C36H56O11/c1-18(2)19(3)31(46-23(7)39)32(47-24(8)40)20(4)25-12-14-36(42)28-17-43-33(41)27-15-29(44-21(5)37)30(45-22(6)38)16-34(27,9)26(28)11-13-35(25,36)10/h18-20,25-32,42H,11-17H2,1-10H3/t19-,20-,25+,26-,27+,28+,29-,30+,31+,32+,34+,35+,36+/m0/s1. The first-order chi connectivity index (χ1) is 21.8. The van der Waals surface area contributed by atoms with Gasteiger partial charge in [-0.05, 0) is 66.6 Å². The van der Waals surface area contributed by atoms with Crippen molar-refractivity contribution in [3.63, 3.8) is 0 Å². The van der Waals surface area contributed by atoms with Crippen LogP contribution in [-0.4, -0.2) is 71.6 Å². The van der Waals surface area contributed by atoms with Crippen LogP contribution in [0.2, 0.25) is 0 Å². The molecule has 0 spiro atoms. The topological polar surface area (TPSA) is 152 Å². The van der Waals surface area contributed by atoms with Crippen LogP contribution in [0.25, 0.3) is 0 Å². The minimum Gasteiger partial charge on any atom is -0.465 e. The molecule has 1 saturated heterocycles. The summed E-state index contributed by atoms with van der Waals surface area (Å²) >= 11 is 0. The molecule has 11 nitrogen and oxygen atoms in total. The van der Waals surface area contributed by atoms with Crippen LogP contribution in [0, 0.1) is 52.3 Å². The molecule has 13 atom stereocenters. The third kappa shape index (κ3) is 6.79. The molecule has 4 aliphatic rings. The summed E-state index contributed by atoms with van der Waals surface area (Å²) in [5.41, 5.74) is -2.53. The smallest absolute Gasteiger partial charge is 0.309 e. The van der Waals surface area contributed by atoms with E-state index >= 15 is 0 Å². The van der Waals surface area contributed by atoms with Gasteiger partial charge in [0, 0.05) is 46.0 Å². The molecule has 11 heteroatoms. The predicted molar refractivity (Wildman–Crippen MR) is 169 cm³/mol. The molecule has 0 aromatic carbocycles. The van der Waals surface area contributed by atoms with Crippen molar-refractivity contribution < 1.29 is 52.8 Å². The van der Waals surface area contributed by atoms with E-state index in [4.69, 9.17) is 23.7 Å². The zero-order chi connectivity index (χ0) is 35.2. The molecule has 0 unspecified atom stereocenters. The lowest BCUT2D eigenvalue weighted by atomic mass is 9.47. The highest BCUT2D eigenvalue weighted by Gasteiger charge is 2.70. The maximum atomic E-state index is 13.6. The van der Waals surface area contributed by atoms with Crippen molar-refractivity contribution in [2.24, 2.45) is 52.3 Å². The average Bonchev–Trinajstić information content (AvgIpc) is 3.17. The molecule has 3 saturated carbocycles. The summed E-state index contributed by atoms with van der Waals surface area (Å²) in [7, 11) is 0. The number of cyclic esters (lactones) is 1. The Bertz CT molecular complexity index is 1230. The SMILES string of the molecule is CC(=O)O[C@H]([C@@H](C)[C@H]1CC[C@@]2(O)[C@@H]3COC(=O)[C@H]4C[C@H](OC(C)=O)[C@H](OC(C)=O)C[C@]4(C)[C@H]3CC[C@]12C)[C@H](OC(C)=O)[C@@H](C)C(C)C. The van der Waals surface area contributed by atoms with Gasteiger partial charge in [0.15, 0.2) is 0 Å². The van der Waals surface area contributed by atoms with Crippen molar-refractivity contribution in [3.8, 4) is 0 Å². The number of rotatable bonds is 9. The highest BCUT2D eigenvalue weighted by atomic mass is 16.6. The third-order valence-corrected chi connectivity index (χ3v) is 12.9. The fourth-order valence-corrected chi connectivity index (χ4v) is 10.2. The van der Waals surface area contributed by atoms with Gasteiger partial charge in [-0.15, -0.1) is 0 Å². The zero-order valence-corrected chi connectivity index (χ0v) is 29.8. The summed E-state index contributed by atoms with van der Waals surface area (Å²) in [4.78, 5) is 62.5. The summed E-state index contributed by atoms with van der Waals surface area (Å²) in [5.74, 6) is -3.75. The van der Waals surface area contributed by atoms with Gasteiger partial charge >= 0.3 is 29.8 Å². The summed E-state index contributed by atoms with van der Waals surface area (Å²) in [6.45, 7) is 17.6. The second-order valence-electron chi connectivity index (χ2n) is 15.8. The van der Waals surface area contributed by atoms with Gasteiger partial charge < -0.3 is 28.8 Å². The summed E-state index contributed by atoms with van der Waals surface area (Å²) in [5, 5.41) is 12.9. The van der Waals surface area contributed by atoms with Gasteiger partial charge in [0.2, 0.25) is 0 Å². The Hall–Kier alpha value is -2.69. The number of fused-ring (bicyclic) bond motifs is 5. The van der Waals surface area contributed by atoms with Gasteiger partial charge in [-0.2, -0.15) is 0 Å². The van der Waals surface area contributed by atoms with Gasteiger partial charge in [-0.1, -0.05) is 41.5 Å². The van der Waals surface area contributed by atoms with Crippen molar-refractivity contribution in [2.75, 3.05) is 6.61 Å². The highest BCUT2D eigenvalue weighted by molar-refractivity contribution is 5.75. The van der Waals surface area contributed by atoms with E-state index in [2.05, 4.69) is 6.92 Å². The van der Waals surface area contributed by atoms with Crippen LogP contribution in [-0.2, 0) is 47.7 Å². The van der Waals surface area contributed by atoms with Gasteiger partial charge in [-0.3, -0.25) is 24.0 Å². The Labute approximate surface area is 279 Å². The van der Waals surface area contributed by atoms with Crippen LogP contribution in [0.3, 0.4) is 0 Å². The number of esters is 5. The highest BCUT2D eigenvalue weighted by Crippen LogP contribution is 2.68. The van der Waals surface area contributed by atoms with Crippen LogP contribution in [0.4, 0.5) is 0 Å². The van der Waals surface area contributed by atoms with Crippen LogP contribution in [0.1, 0.15) is 108 Å². The molecule has 0 aromatic heterocycles. The fraction of sp³-hybridized carbons (Fsp3) is 0.861. The van der Waals surface area contributed by atoms with E-state index in [1.54, 1.807) is 0 Å². The summed E-state index contributed by atoms with van der Waals surface area (Å²) in [6, 6.07) is 0. The number of hydrogen-bond acceptors (Lipinski definition) is 11. The molecule has 0 aromatic rings. The van der Waals surface area contributed by atoms with E-state index in [0.717, 1.165) is 0 Å². The average molecular weight is 665 g/mol. The van der Waals surface area contributed by atoms with Crippen LogP contribution in [0.5, 0.6) is 0 Å². The molecular formula is C36H56O11. The van der Waals surface area contributed by atoms with E-state index in [9.17, 15) is 29.1 Å². The van der Waals surface area contributed by atoms with E-state index in [1.165, 1.54) is 27.7 Å². The van der Waals surface area contributed by atoms with E-state index in [-0.39, 0.29) is 42.6 Å². The lowest BCUT2D eigenvalue weighted by Gasteiger charge is -2.59. The number of carbonyl (C=O) groups excluding carboxylic acids is 5. The second kappa shape index (κ2) is 13.7. The van der Waals surface area contributed by atoms with Gasteiger partial charge in [-0.25, -0.2) is 0 Å². The lowest BCUT2D eigenvalue weighted by Crippen LogP contribution is -2.62. The first-order valence-corrected chi connectivity index (χ1v) is 17.3. The molecule has 1 N–H and O–H groups in total. The fourth-order valence-electron chi connectivity index (χ4n) is 10.2. The zero-order valence-electron chi connectivity index (χ0n) is 29.8. The minimum absolute atomic E-state index is 0.0487. The molecule has 4 fully saturated rings. The number of ether oxygens (including phenoxy) is 5. The number of aliphatic hydroxyl groups is 1. The molecule has 1 heterocycles. The second-order valence-corrected chi connectivity index (χ2v) is 15.8. The summed E-state index contributed by atoms with van der Waals surface area (Å²) < 4.78 is 29.0. The van der Waals surface area contributed by atoms with Crippen molar-refractivity contribution >= 4 is 29.8 Å². The number of hydrogen-bond donors (Lipinski definition) is 1. The third-order valence-electron chi connectivity index (χ3n) is 12.9. The van der Waals surface area contributed by atoms with Crippen LogP contribution in [0.15, 0.2) is 0 Å². The molecule has 266 valence electrons. The van der Waals surface area contributed by atoms with Crippen molar-refractivity contribution in [1.82, 2.24) is 0 Å².